The van der Waals surface area contributed by atoms with E-state index in [9.17, 15) is 4.79 Å². The number of carbonyl (C=O) groups excluding carboxylic acids is 1. The zero-order valence-corrected chi connectivity index (χ0v) is 13.1. The van der Waals surface area contributed by atoms with Crippen LogP contribution in [-0.4, -0.2) is 18.5 Å². The number of rotatable bonds is 2. The van der Waals surface area contributed by atoms with E-state index in [-0.39, 0.29) is 17.4 Å². The number of hydrogen-bond donors (Lipinski definition) is 2. The first-order valence-corrected chi connectivity index (χ1v) is 7.17. The zero-order valence-electron chi connectivity index (χ0n) is 12.3. The molecule has 1 rings (SSSR count). The van der Waals surface area contributed by atoms with Gasteiger partial charge in [-0.2, -0.15) is 0 Å². The van der Waals surface area contributed by atoms with Crippen LogP contribution in [0.4, 0.5) is 0 Å². The molecule has 1 atom stereocenters. The average Bonchev–Trinajstić information content (AvgIpc) is 2.67. The first-order valence-electron chi connectivity index (χ1n) is 6.36. The number of nitrogens with one attached hydrogen (secondary N) is 1. The molecule has 0 aliphatic carbocycles. The van der Waals surface area contributed by atoms with Crippen molar-refractivity contribution in [3.8, 4) is 11.8 Å². The summed E-state index contributed by atoms with van der Waals surface area (Å²) in [5.41, 5.74) is 6.43. The van der Waals surface area contributed by atoms with Gasteiger partial charge in [-0.3, -0.25) is 4.79 Å². The Hall–Kier alpha value is -1.31. The number of carbonyl (C=O) groups is 1. The van der Waals surface area contributed by atoms with Crippen molar-refractivity contribution in [1.29, 1.82) is 0 Å². The van der Waals surface area contributed by atoms with E-state index in [4.69, 9.17) is 5.73 Å². The van der Waals surface area contributed by atoms with E-state index in [1.807, 2.05) is 19.9 Å². The largest absolute Gasteiger partial charge is 0.348 e. The molecule has 0 fully saturated rings. The van der Waals surface area contributed by atoms with E-state index in [0.717, 1.165) is 10.4 Å². The van der Waals surface area contributed by atoms with Crippen molar-refractivity contribution in [2.24, 2.45) is 11.1 Å². The SMILES string of the molecule is Cc1cc(C(=O)NC(C)C(C)(C)C)sc1C#CCN. The molecular formula is C15H22N2OS. The molecule has 0 bridgehead atoms. The van der Waals surface area contributed by atoms with Gasteiger partial charge in [-0.25, -0.2) is 0 Å². The van der Waals surface area contributed by atoms with Crippen molar-refractivity contribution in [1.82, 2.24) is 5.32 Å². The highest BCUT2D eigenvalue weighted by Crippen LogP contribution is 2.23. The van der Waals surface area contributed by atoms with Gasteiger partial charge in [0.2, 0.25) is 0 Å². The molecule has 1 aromatic heterocycles. The molecule has 0 saturated heterocycles. The van der Waals surface area contributed by atoms with Crippen molar-refractivity contribution >= 4 is 17.2 Å². The summed E-state index contributed by atoms with van der Waals surface area (Å²) in [6.45, 7) is 10.6. The molecule has 19 heavy (non-hydrogen) atoms. The van der Waals surface area contributed by atoms with Crippen LogP contribution in [0.2, 0.25) is 0 Å². The molecule has 3 N–H and O–H groups in total. The monoisotopic (exact) mass is 278 g/mol. The highest BCUT2D eigenvalue weighted by molar-refractivity contribution is 7.14. The van der Waals surface area contributed by atoms with Crippen LogP contribution in [0.15, 0.2) is 6.07 Å². The summed E-state index contributed by atoms with van der Waals surface area (Å²) in [5, 5.41) is 3.03. The summed E-state index contributed by atoms with van der Waals surface area (Å²) >= 11 is 1.42. The summed E-state index contributed by atoms with van der Waals surface area (Å²) in [6.07, 6.45) is 0. The summed E-state index contributed by atoms with van der Waals surface area (Å²) < 4.78 is 0. The standard InChI is InChI=1S/C15H22N2OS/c1-10-9-13(19-12(10)7-6-8-16)14(18)17-11(2)15(3,4)5/h9,11H,8,16H2,1-5H3,(H,17,18). The Labute approximate surface area is 119 Å². The van der Waals surface area contributed by atoms with Crippen LogP contribution in [-0.2, 0) is 0 Å². The van der Waals surface area contributed by atoms with Gasteiger partial charge in [0.25, 0.3) is 5.91 Å². The number of hydrogen-bond acceptors (Lipinski definition) is 3. The van der Waals surface area contributed by atoms with Crippen LogP contribution in [0.1, 0.15) is 47.8 Å². The van der Waals surface area contributed by atoms with E-state index in [2.05, 4.69) is 37.9 Å². The van der Waals surface area contributed by atoms with Crippen LogP contribution in [0.25, 0.3) is 0 Å². The maximum Gasteiger partial charge on any atom is 0.261 e. The van der Waals surface area contributed by atoms with Gasteiger partial charge >= 0.3 is 0 Å². The van der Waals surface area contributed by atoms with Gasteiger partial charge < -0.3 is 11.1 Å². The van der Waals surface area contributed by atoms with Crippen LogP contribution >= 0.6 is 11.3 Å². The van der Waals surface area contributed by atoms with Gasteiger partial charge in [0, 0.05) is 6.04 Å². The Morgan fingerprint density at radius 1 is 1.53 bits per heavy atom. The van der Waals surface area contributed by atoms with E-state index in [1.54, 1.807) is 0 Å². The lowest BCUT2D eigenvalue weighted by atomic mass is 9.88. The molecule has 1 amide bonds. The van der Waals surface area contributed by atoms with E-state index in [0.29, 0.717) is 11.4 Å². The molecule has 0 spiro atoms. The lowest BCUT2D eigenvalue weighted by molar-refractivity contribution is 0.0914. The third kappa shape index (κ3) is 4.38. The van der Waals surface area contributed by atoms with Gasteiger partial charge in [-0.05, 0) is 30.9 Å². The van der Waals surface area contributed by atoms with Gasteiger partial charge in [0.15, 0.2) is 0 Å². The van der Waals surface area contributed by atoms with E-state index < -0.39 is 0 Å². The maximum absolute atomic E-state index is 12.2. The Bertz CT molecular complexity index is 514. The Morgan fingerprint density at radius 3 is 2.68 bits per heavy atom. The lowest BCUT2D eigenvalue weighted by Crippen LogP contribution is -2.41. The van der Waals surface area contributed by atoms with Crippen molar-refractivity contribution < 1.29 is 4.79 Å². The van der Waals surface area contributed by atoms with Gasteiger partial charge in [-0.1, -0.05) is 32.6 Å². The van der Waals surface area contributed by atoms with Gasteiger partial charge in [-0.15, -0.1) is 11.3 Å². The normalized spacial score (nSPS) is 12.5. The quantitative estimate of drug-likeness (QED) is 0.817. The molecule has 0 saturated carbocycles. The third-order valence-electron chi connectivity index (χ3n) is 3.09. The molecule has 0 aliphatic heterocycles. The maximum atomic E-state index is 12.2. The van der Waals surface area contributed by atoms with Gasteiger partial charge in [0.1, 0.15) is 0 Å². The Balaban J connectivity index is 2.84. The molecule has 104 valence electrons. The molecule has 1 aromatic rings. The van der Waals surface area contributed by atoms with Crippen LogP contribution in [0.3, 0.4) is 0 Å². The van der Waals surface area contributed by atoms with Crippen molar-refractivity contribution in [2.75, 3.05) is 6.54 Å². The van der Waals surface area contributed by atoms with Crippen molar-refractivity contribution in [2.45, 2.75) is 40.7 Å². The van der Waals surface area contributed by atoms with Crippen molar-refractivity contribution in [3.63, 3.8) is 0 Å². The summed E-state index contributed by atoms with van der Waals surface area (Å²) in [5.74, 6) is 5.78. The fraction of sp³-hybridized carbons (Fsp3) is 0.533. The summed E-state index contributed by atoms with van der Waals surface area (Å²) in [6, 6.07) is 2.00. The van der Waals surface area contributed by atoms with E-state index >= 15 is 0 Å². The molecular weight excluding hydrogens is 256 g/mol. The fourth-order valence-corrected chi connectivity index (χ4v) is 2.28. The molecule has 0 aromatic carbocycles. The minimum atomic E-state index is -0.0312. The number of aryl methyl sites for hydroxylation is 1. The second-order valence-electron chi connectivity index (χ2n) is 5.69. The molecule has 0 radical (unpaired) electrons. The minimum Gasteiger partial charge on any atom is -0.348 e. The molecule has 4 heteroatoms. The topological polar surface area (TPSA) is 55.1 Å². The van der Waals surface area contributed by atoms with Gasteiger partial charge in [0.05, 0.1) is 16.3 Å². The smallest absolute Gasteiger partial charge is 0.261 e. The van der Waals surface area contributed by atoms with E-state index in [1.165, 1.54) is 11.3 Å². The molecule has 0 aliphatic rings. The Kier molecular flexibility index (Phi) is 5.16. The summed E-state index contributed by atoms with van der Waals surface area (Å²) in [4.78, 5) is 13.8. The number of amides is 1. The highest BCUT2D eigenvalue weighted by atomic mass is 32.1. The molecule has 3 nitrogen and oxygen atoms in total. The first kappa shape index (κ1) is 15.7. The number of thiophene rings is 1. The molecule has 1 heterocycles. The predicted octanol–water partition coefficient (Wildman–Crippen LogP) is 2.53. The second-order valence-corrected chi connectivity index (χ2v) is 6.74. The third-order valence-corrected chi connectivity index (χ3v) is 4.24. The number of nitrogens with two attached hydrogens (primary N) is 1. The summed E-state index contributed by atoms with van der Waals surface area (Å²) in [7, 11) is 0. The predicted molar refractivity (Wildman–Crippen MR) is 81.4 cm³/mol. The van der Waals surface area contributed by atoms with Crippen LogP contribution in [0.5, 0.6) is 0 Å². The first-order chi connectivity index (χ1) is 8.75. The fourth-order valence-electron chi connectivity index (χ4n) is 1.33. The molecule has 1 unspecified atom stereocenters. The lowest BCUT2D eigenvalue weighted by Gasteiger charge is -2.27. The minimum absolute atomic E-state index is 0.0312. The highest BCUT2D eigenvalue weighted by Gasteiger charge is 2.23. The second kappa shape index (κ2) is 6.23. The van der Waals surface area contributed by atoms with Crippen LogP contribution in [0, 0.1) is 24.2 Å². The van der Waals surface area contributed by atoms with Crippen LogP contribution < -0.4 is 11.1 Å². The average molecular weight is 278 g/mol. The Morgan fingerprint density at radius 2 is 2.16 bits per heavy atom. The zero-order chi connectivity index (χ0) is 14.6. The van der Waals surface area contributed by atoms with Crippen molar-refractivity contribution in [3.05, 3.63) is 21.4 Å².